The number of piperidine rings is 1. The third kappa shape index (κ3) is 4.44. The standard InChI is InChI=1S/C20H22F3N3O3S/c1-25(2)30(28,29)13-6-7-19(26-8-4-3-5-9-26)14(10-13)20(27)24-18-12-16(22)15(21)11-17(18)23/h6-7,10-12H,3-5,8-9H2,1-2H3,(H,24,27). The number of hydrogen-bond donors (Lipinski definition) is 1. The summed E-state index contributed by atoms with van der Waals surface area (Å²) in [5.74, 6) is -4.65. The van der Waals surface area contributed by atoms with Crippen LogP contribution in [0, 0.1) is 17.5 Å². The van der Waals surface area contributed by atoms with E-state index in [1.54, 1.807) is 0 Å². The Morgan fingerprint density at radius 1 is 0.967 bits per heavy atom. The Hall–Kier alpha value is -2.59. The molecular weight excluding hydrogens is 419 g/mol. The summed E-state index contributed by atoms with van der Waals surface area (Å²) in [6.45, 7) is 1.36. The summed E-state index contributed by atoms with van der Waals surface area (Å²) in [6.07, 6.45) is 2.87. The largest absolute Gasteiger partial charge is 0.371 e. The maximum Gasteiger partial charge on any atom is 0.257 e. The van der Waals surface area contributed by atoms with Gasteiger partial charge in [0.25, 0.3) is 5.91 Å². The zero-order valence-electron chi connectivity index (χ0n) is 16.6. The Morgan fingerprint density at radius 2 is 1.60 bits per heavy atom. The number of rotatable bonds is 5. The molecule has 1 aliphatic rings. The maximum absolute atomic E-state index is 14.0. The molecule has 0 unspecified atom stereocenters. The fraction of sp³-hybridized carbons (Fsp3) is 0.350. The van der Waals surface area contributed by atoms with Crippen LogP contribution in [0.15, 0.2) is 35.2 Å². The minimum atomic E-state index is -3.82. The van der Waals surface area contributed by atoms with Crippen LogP contribution in [0.25, 0.3) is 0 Å². The molecule has 0 aliphatic carbocycles. The molecule has 2 aromatic rings. The second-order valence-corrected chi connectivity index (χ2v) is 9.37. The van der Waals surface area contributed by atoms with Crippen LogP contribution in [-0.4, -0.2) is 45.8 Å². The average Bonchev–Trinajstić information content (AvgIpc) is 2.72. The molecule has 1 N–H and O–H groups in total. The molecule has 0 atom stereocenters. The average molecular weight is 441 g/mol. The van der Waals surface area contributed by atoms with Gasteiger partial charge in [0.1, 0.15) is 5.82 Å². The summed E-state index contributed by atoms with van der Waals surface area (Å²) in [5, 5.41) is 2.23. The van der Waals surface area contributed by atoms with Crippen molar-refractivity contribution in [3.8, 4) is 0 Å². The number of amides is 1. The van der Waals surface area contributed by atoms with Gasteiger partial charge in [0.2, 0.25) is 10.0 Å². The van der Waals surface area contributed by atoms with Crippen LogP contribution in [-0.2, 0) is 10.0 Å². The van der Waals surface area contributed by atoms with Crippen molar-refractivity contribution in [1.29, 1.82) is 0 Å². The molecule has 1 heterocycles. The second-order valence-electron chi connectivity index (χ2n) is 7.21. The summed E-state index contributed by atoms with van der Waals surface area (Å²) in [7, 11) is -1.09. The van der Waals surface area contributed by atoms with Crippen molar-refractivity contribution in [3.63, 3.8) is 0 Å². The van der Waals surface area contributed by atoms with Crippen LogP contribution in [0.3, 0.4) is 0 Å². The number of sulfonamides is 1. The van der Waals surface area contributed by atoms with E-state index in [1.807, 2.05) is 4.90 Å². The summed E-state index contributed by atoms with van der Waals surface area (Å²) < 4.78 is 66.7. The van der Waals surface area contributed by atoms with Crippen molar-refractivity contribution >= 4 is 27.3 Å². The van der Waals surface area contributed by atoms with E-state index in [-0.39, 0.29) is 10.5 Å². The fourth-order valence-electron chi connectivity index (χ4n) is 3.29. The van der Waals surface area contributed by atoms with Gasteiger partial charge in [0.05, 0.1) is 16.1 Å². The zero-order valence-corrected chi connectivity index (χ0v) is 17.4. The van der Waals surface area contributed by atoms with Crippen molar-refractivity contribution in [1.82, 2.24) is 4.31 Å². The first kappa shape index (κ1) is 22.1. The highest BCUT2D eigenvalue weighted by atomic mass is 32.2. The van der Waals surface area contributed by atoms with E-state index in [4.69, 9.17) is 0 Å². The number of benzene rings is 2. The molecule has 3 rings (SSSR count). The molecular formula is C20H22F3N3O3S. The molecule has 6 nitrogen and oxygen atoms in total. The molecule has 162 valence electrons. The first-order valence-corrected chi connectivity index (χ1v) is 10.8. The van der Waals surface area contributed by atoms with Gasteiger partial charge in [-0.15, -0.1) is 0 Å². The number of anilines is 2. The van der Waals surface area contributed by atoms with Crippen molar-refractivity contribution < 1.29 is 26.4 Å². The first-order valence-electron chi connectivity index (χ1n) is 9.38. The Morgan fingerprint density at radius 3 is 2.23 bits per heavy atom. The van der Waals surface area contributed by atoms with E-state index in [2.05, 4.69) is 5.32 Å². The number of halogens is 3. The smallest absolute Gasteiger partial charge is 0.257 e. The number of hydrogen-bond acceptors (Lipinski definition) is 4. The van der Waals surface area contributed by atoms with E-state index >= 15 is 0 Å². The van der Waals surface area contributed by atoms with Crippen molar-refractivity contribution in [2.45, 2.75) is 24.2 Å². The zero-order chi connectivity index (χ0) is 22.1. The molecule has 0 radical (unpaired) electrons. The topological polar surface area (TPSA) is 69.7 Å². The van der Waals surface area contributed by atoms with Gasteiger partial charge < -0.3 is 10.2 Å². The fourth-order valence-corrected chi connectivity index (χ4v) is 4.22. The molecule has 10 heteroatoms. The quantitative estimate of drug-likeness (QED) is 0.720. The van der Waals surface area contributed by atoms with Crippen LogP contribution in [0.4, 0.5) is 24.5 Å². The van der Waals surface area contributed by atoms with Gasteiger partial charge >= 0.3 is 0 Å². The summed E-state index contributed by atoms with van der Waals surface area (Å²) in [6, 6.07) is 5.05. The van der Waals surface area contributed by atoms with Gasteiger partial charge in [-0.2, -0.15) is 0 Å². The highest BCUT2D eigenvalue weighted by Gasteiger charge is 2.25. The number of nitrogens with one attached hydrogen (secondary N) is 1. The van der Waals surface area contributed by atoms with Gasteiger partial charge in [-0.05, 0) is 37.5 Å². The van der Waals surface area contributed by atoms with Crippen molar-refractivity contribution in [2.24, 2.45) is 0 Å². The lowest BCUT2D eigenvalue weighted by atomic mass is 10.1. The Labute approximate surface area is 173 Å². The van der Waals surface area contributed by atoms with E-state index in [0.717, 1.165) is 23.6 Å². The molecule has 0 saturated carbocycles. The Kier molecular flexibility index (Phi) is 6.37. The number of nitrogens with zero attached hydrogens (tertiary/aromatic N) is 2. The molecule has 0 spiro atoms. The summed E-state index contributed by atoms with van der Waals surface area (Å²) in [4.78, 5) is 14.8. The van der Waals surface area contributed by atoms with Crippen molar-refractivity contribution in [3.05, 3.63) is 53.3 Å². The molecule has 1 saturated heterocycles. The molecule has 1 amide bonds. The second kappa shape index (κ2) is 8.65. The predicted octanol–water partition coefficient (Wildman–Crippen LogP) is 3.60. The third-order valence-electron chi connectivity index (χ3n) is 4.95. The monoisotopic (exact) mass is 441 g/mol. The van der Waals surface area contributed by atoms with E-state index < -0.39 is 39.1 Å². The lowest BCUT2D eigenvalue weighted by molar-refractivity contribution is 0.102. The Balaban J connectivity index is 2.05. The minimum Gasteiger partial charge on any atom is -0.371 e. The first-order chi connectivity index (χ1) is 14.1. The molecule has 2 aromatic carbocycles. The van der Waals surface area contributed by atoms with E-state index in [9.17, 15) is 26.4 Å². The van der Waals surface area contributed by atoms with Crippen molar-refractivity contribution in [2.75, 3.05) is 37.4 Å². The van der Waals surface area contributed by atoms with Gasteiger partial charge in [-0.3, -0.25) is 4.79 Å². The SMILES string of the molecule is CN(C)S(=O)(=O)c1ccc(N2CCCCC2)c(C(=O)Nc2cc(F)c(F)cc2F)c1. The van der Waals surface area contributed by atoms with Gasteiger partial charge in [0, 0.05) is 45.0 Å². The molecule has 30 heavy (non-hydrogen) atoms. The van der Waals surface area contributed by atoms with Crippen LogP contribution in [0.1, 0.15) is 29.6 Å². The lowest BCUT2D eigenvalue weighted by Gasteiger charge is -2.30. The maximum atomic E-state index is 14.0. The highest BCUT2D eigenvalue weighted by molar-refractivity contribution is 7.89. The minimum absolute atomic E-state index is 0.00366. The van der Waals surface area contributed by atoms with Gasteiger partial charge in [-0.1, -0.05) is 0 Å². The molecule has 0 bridgehead atoms. The molecule has 1 aliphatic heterocycles. The normalized spacial score (nSPS) is 14.8. The number of carbonyl (C=O) groups is 1. The lowest BCUT2D eigenvalue weighted by Crippen LogP contribution is -2.32. The summed E-state index contributed by atoms with van der Waals surface area (Å²) >= 11 is 0. The Bertz CT molecular complexity index is 1070. The van der Waals surface area contributed by atoms with Gasteiger partial charge in [0.15, 0.2) is 11.6 Å². The van der Waals surface area contributed by atoms with Gasteiger partial charge in [-0.25, -0.2) is 25.9 Å². The highest BCUT2D eigenvalue weighted by Crippen LogP contribution is 2.29. The number of carbonyl (C=O) groups excluding carboxylic acids is 1. The third-order valence-corrected chi connectivity index (χ3v) is 6.76. The van der Waals surface area contributed by atoms with Crippen LogP contribution in [0.5, 0.6) is 0 Å². The van der Waals surface area contributed by atoms with Crippen LogP contribution < -0.4 is 10.2 Å². The van der Waals surface area contributed by atoms with Crippen LogP contribution >= 0.6 is 0 Å². The van der Waals surface area contributed by atoms with Crippen LogP contribution in [0.2, 0.25) is 0 Å². The molecule has 1 fully saturated rings. The van der Waals surface area contributed by atoms with E-state index in [0.29, 0.717) is 30.9 Å². The summed E-state index contributed by atoms with van der Waals surface area (Å²) in [5.41, 5.74) is -0.0405. The predicted molar refractivity (Wildman–Crippen MR) is 108 cm³/mol. The van der Waals surface area contributed by atoms with E-state index in [1.165, 1.54) is 32.3 Å². The molecule has 0 aromatic heterocycles.